The zero-order valence-corrected chi connectivity index (χ0v) is 26.8. The van der Waals surface area contributed by atoms with E-state index in [0.29, 0.717) is 34.8 Å². The Morgan fingerprint density at radius 3 is 2.69 bits per heavy atom. The highest BCUT2D eigenvalue weighted by molar-refractivity contribution is 8.25. The van der Waals surface area contributed by atoms with Crippen LogP contribution in [0, 0.1) is 12.7 Å². The number of nitrogens with one attached hydrogen (secondary N) is 4. The number of hydrogen-bond acceptors (Lipinski definition) is 6. The van der Waals surface area contributed by atoms with E-state index in [4.69, 9.17) is 9.97 Å². The molecule has 45 heavy (non-hydrogen) atoms. The number of pyridine rings is 2. The summed E-state index contributed by atoms with van der Waals surface area (Å²) < 4.78 is 18.1. The average molecular weight is 623 g/mol. The molecule has 4 heterocycles. The summed E-state index contributed by atoms with van der Waals surface area (Å²) in [5, 5.41) is 11.0. The average Bonchev–Trinajstić information content (AvgIpc) is 3.60. The number of benzene rings is 1. The number of fused-ring (bicyclic) bond motifs is 1. The number of hydrogen-bond donors (Lipinski definition) is 4. The molecule has 8 nitrogen and oxygen atoms in total. The van der Waals surface area contributed by atoms with Gasteiger partial charge in [0.1, 0.15) is 11.3 Å². The highest BCUT2D eigenvalue weighted by atomic mass is 32.2. The van der Waals surface area contributed by atoms with Gasteiger partial charge in [-0.1, -0.05) is 50.4 Å². The second-order valence-corrected chi connectivity index (χ2v) is 14.1. The van der Waals surface area contributed by atoms with Crippen molar-refractivity contribution in [3.63, 3.8) is 0 Å². The third-order valence-electron chi connectivity index (χ3n) is 7.14. The van der Waals surface area contributed by atoms with Crippen LogP contribution in [0.3, 0.4) is 0 Å². The summed E-state index contributed by atoms with van der Waals surface area (Å²) in [5.74, 6) is 8.31. The van der Waals surface area contributed by atoms with Crippen molar-refractivity contribution in [2.75, 3.05) is 11.6 Å². The van der Waals surface area contributed by atoms with Crippen LogP contribution in [0.1, 0.15) is 48.7 Å². The van der Waals surface area contributed by atoms with Gasteiger partial charge in [-0.15, -0.1) is 0 Å². The summed E-state index contributed by atoms with van der Waals surface area (Å²) in [6.07, 6.45) is 12.1. The number of aromatic amines is 2. The summed E-state index contributed by atoms with van der Waals surface area (Å²) in [7, 11) is -1.45. The number of aryl methyl sites for hydroxylation is 1. The molecule has 0 fully saturated rings. The Hall–Kier alpha value is -4.80. The summed E-state index contributed by atoms with van der Waals surface area (Å²) >= 11 is 0. The van der Waals surface area contributed by atoms with Crippen molar-refractivity contribution < 1.29 is 4.39 Å². The minimum absolute atomic E-state index is 0.341. The predicted octanol–water partition coefficient (Wildman–Crippen LogP) is 7.89. The lowest BCUT2D eigenvalue weighted by molar-refractivity contribution is 0.624. The zero-order chi connectivity index (χ0) is 32.1. The van der Waals surface area contributed by atoms with Crippen molar-refractivity contribution in [1.82, 2.24) is 34.9 Å². The molecule has 0 saturated carbocycles. The maximum Gasteiger partial charge on any atom is 0.161 e. The second kappa shape index (κ2) is 13.5. The van der Waals surface area contributed by atoms with E-state index in [1.807, 2.05) is 43.5 Å². The Labute approximate surface area is 264 Å². The molecule has 0 atom stereocenters. The van der Waals surface area contributed by atoms with Crippen LogP contribution in [0.15, 0.2) is 79.8 Å². The van der Waals surface area contributed by atoms with Crippen molar-refractivity contribution in [2.24, 2.45) is 0 Å². The molecule has 0 spiro atoms. The van der Waals surface area contributed by atoms with Crippen molar-refractivity contribution in [3.05, 3.63) is 108 Å². The summed E-state index contributed by atoms with van der Waals surface area (Å²) in [4.78, 5) is 17.7. The van der Waals surface area contributed by atoms with Gasteiger partial charge in [0, 0.05) is 35.3 Å². The Kier molecular flexibility index (Phi) is 9.45. The number of nitrogens with zero attached hydrogens (tertiary/aromatic N) is 4. The minimum Gasteiger partial charge on any atom is -0.358 e. The quantitative estimate of drug-likeness (QED) is 0.0786. The SMILES string of the molecule is C=C/C=C(/c1cc(F)cc(CNS(=C)(=C)C)c1)c1nc(-c2n[nH]c3ccc(-c4cncc(NC(=C)CCCC)c4)nc23)[nH]c1C. The van der Waals surface area contributed by atoms with E-state index in [-0.39, 0.29) is 5.82 Å². The van der Waals surface area contributed by atoms with Gasteiger partial charge < -0.3 is 10.3 Å². The van der Waals surface area contributed by atoms with Gasteiger partial charge in [-0.3, -0.25) is 14.8 Å². The van der Waals surface area contributed by atoms with Crippen molar-refractivity contribution >= 4 is 43.4 Å². The van der Waals surface area contributed by atoms with E-state index in [9.17, 15) is 4.39 Å². The molecule has 0 bridgehead atoms. The number of halogens is 1. The molecule has 232 valence electrons. The van der Waals surface area contributed by atoms with Crippen molar-refractivity contribution in [3.8, 4) is 22.8 Å². The van der Waals surface area contributed by atoms with Crippen molar-refractivity contribution in [2.45, 2.75) is 39.7 Å². The lowest BCUT2D eigenvalue weighted by Crippen LogP contribution is -2.08. The van der Waals surface area contributed by atoms with E-state index in [0.717, 1.165) is 64.3 Å². The molecule has 0 aliphatic carbocycles. The fourth-order valence-corrected chi connectivity index (χ4v) is 5.48. The monoisotopic (exact) mass is 622 g/mol. The van der Waals surface area contributed by atoms with Gasteiger partial charge >= 0.3 is 0 Å². The smallest absolute Gasteiger partial charge is 0.161 e. The van der Waals surface area contributed by atoms with Crippen LogP contribution < -0.4 is 10.0 Å². The Morgan fingerprint density at radius 1 is 1.11 bits per heavy atom. The summed E-state index contributed by atoms with van der Waals surface area (Å²) in [5.41, 5.74) is 9.11. The van der Waals surface area contributed by atoms with Gasteiger partial charge in [0.15, 0.2) is 11.5 Å². The predicted molar refractivity (Wildman–Crippen MR) is 190 cm³/mol. The van der Waals surface area contributed by atoms with Crippen LogP contribution >= 0.6 is 9.39 Å². The molecular weight excluding hydrogens is 584 g/mol. The van der Waals surface area contributed by atoms with Crippen LogP contribution in [0.5, 0.6) is 0 Å². The first kappa shape index (κ1) is 31.6. The van der Waals surface area contributed by atoms with Crippen LogP contribution in [-0.2, 0) is 6.54 Å². The largest absolute Gasteiger partial charge is 0.358 e. The molecule has 0 aliphatic heterocycles. The van der Waals surface area contributed by atoms with Gasteiger partial charge in [0.05, 0.1) is 28.8 Å². The third-order valence-corrected chi connectivity index (χ3v) is 7.98. The first-order valence-corrected chi connectivity index (χ1v) is 17.1. The Bertz CT molecular complexity index is 2020. The molecule has 0 aliphatic rings. The number of allylic oxidation sites excluding steroid dienone is 3. The minimum atomic E-state index is -1.45. The molecule has 5 aromatic rings. The normalized spacial score (nSPS) is 12.0. The number of aromatic nitrogens is 6. The van der Waals surface area contributed by atoms with E-state index in [2.05, 4.69) is 62.0 Å². The highest BCUT2D eigenvalue weighted by Crippen LogP contribution is 2.32. The third kappa shape index (κ3) is 7.65. The van der Waals surface area contributed by atoms with E-state index in [1.165, 1.54) is 12.1 Å². The molecule has 1 aromatic carbocycles. The van der Waals surface area contributed by atoms with Gasteiger partial charge in [0.25, 0.3) is 0 Å². The van der Waals surface area contributed by atoms with E-state index in [1.54, 1.807) is 18.5 Å². The number of H-pyrrole nitrogens is 2. The van der Waals surface area contributed by atoms with Crippen molar-refractivity contribution in [1.29, 1.82) is 0 Å². The van der Waals surface area contributed by atoms with Gasteiger partial charge in [-0.25, -0.2) is 14.4 Å². The number of imidazole rings is 1. The molecule has 0 radical (unpaired) electrons. The molecule has 0 amide bonds. The first-order valence-electron chi connectivity index (χ1n) is 14.7. The maximum absolute atomic E-state index is 14.8. The zero-order valence-electron chi connectivity index (χ0n) is 26.0. The summed E-state index contributed by atoms with van der Waals surface area (Å²) in [6, 6.07) is 10.8. The fraction of sp³-hybridized carbons (Fsp3) is 0.200. The van der Waals surface area contributed by atoms with Gasteiger partial charge in [-0.05, 0) is 73.5 Å². The first-order chi connectivity index (χ1) is 21.5. The van der Waals surface area contributed by atoms with Crippen LogP contribution in [0.2, 0.25) is 0 Å². The molecule has 4 aromatic heterocycles. The Balaban J connectivity index is 1.49. The number of rotatable bonds is 13. The second-order valence-electron chi connectivity index (χ2n) is 11.3. The topological polar surface area (TPSA) is 107 Å². The van der Waals surface area contributed by atoms with Crippen LogP contribution in [0.25, 0.3) is 39.4 Å². The maximum atomic E-state index is 14.8. The summed E-state index contributed by atoms with van der Waals surface area (Å²) in [6.45, 7) is 12.6. The molecule has 0 saturated heterocycles. The standard InChI is InChI=1S/C35H39FN8S/c1-8-10-12-22(3)39-28-18-26(20-37-21-28)30-13-14-31-33(41-30)34(44-43-31)35-40-23(4)32(42-35)29(11-9-2)25-15-24(16-27(36)17-25)19-38-45(5,6)7/h9,11,13-18,20-21,38-39H,2-3,5-6,8,10,12,19H2,1,4,7H3,(H,40,42)(H,43,44)/b29-11-. The molecule has 0 unspecified atom stereocenters. The van der Waals surface area contributed by atoms with Gasteiger partial charge in [0.2, 0.25) is 0 Å². The number of unbranched alkanes of at least 4 members (excludes halogenated alkanes) is 1. The van der Waals surface area contributed by atoms with E-state index >= 15 is 0 Å². The highest BCUT2D eigenvalue weighted by Gasteiger charge is 2.20. The lowest BCUT2D eigenvalue weighted by atomic mass is 9.98. The fourth-order valence-electron chi connectivity index (χ4n) is 4.96. The van der Waals surface area contributed by atoms with E-state index < -0.39 is 9.39 Å². The molecule has 4 N–H and O–H groups in total. The lowest BCUT2D eigenvalue weighted by Gasteiger charge is -2.13. The number of anilines is 1. The van der Waals surface area contributed by atoms with Gasteiger partial charge in [-0.2, -0.15) is 14.5 Å². The van der Waals surface area contributed by atoms with Crippen LogP contribution in [-0.4, -0.2) is 48.1 Å². The molecule has 5 rings (SSSR count). The Morgan fingerprint density at radius 2 is 1.93 bits per heavy atom. The van der Waals surface area contributed by atoms with Crippen LogP contribution in [0.4, 0.5) is 10.1 Å². The molecular formula is C35H39FN8S. The molecule has 10 heteroatoms.